The molecule has 0 bridgehead atoms. The van der Waals surface area contributed by atoms with Gasteiger partial charge < -0.3 is 4.90 Å². The molecular formula is C15H22FNO3S. The van der Waals surface area contributed by atoms with Crippen LogP contribution < -0.4 is 0 Å². The minimum atomic E-state index is -4.64. The van der Waals surface area contributed by atoms with Crippen molar-refractivity contribution >= 4 is 16.1 Å². The number of carbonyl (C=O) groups is 1. The number of rotatable bonds is 4. The maximum Gasteiger partial charge on any atom is 0.332 e. The van der Waals surface area contributed by atoms with Gasteiger partial charge in [0.05, 0.1) is 4.90 Å². The first-order valence-corrected chi connectivity index (χ1v) is 8.66. The predicted octanol–water partition coefficient (Wildman–Crippen LogP) is 2.93. The van der Waals surface area contributed by atoms with E-state index in [2.05, 4.69) is 0 Å². The summed E-state index contributed by atoms with van der Waals surface area (Å²) in [6.45, 7) is 5.66. The summed E-state index contributed by atoms with van der Waals surface area (Å²) in [6.07, 6.45) is 3.08. The summed E-state index contributed by atoms with van der Waals surface area (Å²) < 4.78 is 34.0. The van der Waals surface area contributed by atoms with Crippen LogP contribution in [0.15, 0.2) is 29.2 Å². The van der Waals surface area contributed by atoms with E-state index >= 15 is 0 Å². The van der Waals surface area contributed by atoms with Gasteiger partial charge in [0.2, 0.25) is 5.91 Å². The lowest BCUT2D eigenvalue weighted by Crippen LogP contribution is -2.27. The average molecular weight is 315 g/mol. The van der Waals surface area contributed by atoms with Gasteiger partial charge in [-0.1, -0.05) is 26.0 Å². The zero-order valence-corrected chi connectivity index (χ0v) is 13.3. The molecule has 4 nitrogen and oxygen atoms in total. The van der Waals surface area contributed by atoms with Crippen molar-refractivity contribution in [2.45, 2.75) is 44.4 Å². The number of benzene rings is 1. The third-order valence-electron chi connectivity index (χ3n) is 3.29. The van der Waals surface area contributed by atoms with Gasteiger partial charge in [-0.3, -0.25) is 4.79 Å². The Morgan fingerprint density at radius 3 is 2.14 bits per heavy atom. The van der Waals surface area contributed by atoms with Gasteiger partial charge in [0.25, 0.3) is 0 Å². The molecule has 0 atom stereocenters. The van der Waals surface area contributed by atoms with Crippen LogP contribution in [-0.4, -0.2) is 32.3 Å². The molecule has 0 spiro atoms. The van der Waals surface area contributed by atoms with Crippen molar-refractivity contribution < 1.29 is 17.1 Å². The van der Waals surface area contributed by atoms with Crippen molar-refractivity contribution in [3.63, 3.8) is 0 Å². The van der Waals surface area contributed by atoms with Gasteiger partial charge in [-0.15, -0.1) is 3.89 Å². The predicted molar refractivity (Wildman–Crippen MR) is 80.2 cm³/mol. The molecule has 0 saturated carbocycles. The summed E-state index contributed by atoms with van der Waals surface area (Å²) >= 11 is 0. The third-order valence-corrected chi connectivity index (χ3v) is 4.13. The molecule has 0 unspecified atom stereocenters. The van der Waals surface area contributed by atoms with Crippen LogP contribution in [0.4, 0.5) is 3.89 Å². The molecule has 2 rings (SSSR count). The Kier molecular flexibility index (Phi) is 6.81. The van der Waals surface area contributed by atoms with E-state index in [1.54, 1.807) is 12.1 Å². The fourth-order valence-electron chi connectivity index (χ4n) is 2.19. The Morgan fingerprint density at radius 1 is 1.14 bits per heavy atom. The third kappa shape index (κ3) is 5.46. The van der Waals surface area contributed by atoms with E-state index in [0.717, 1.165) is 31.5 Å². The zero-order valence-electron chi connectivity index (χ0n) is 12.5. The molecule has 1 aliphatic heterocycles. The summed E-state index contributed by atoms with van der Waals surface area (Å²) in [7, 11) is -4.64. The lowest BCUT2D eigenvalue weighted by molar-refractivity contribution is -0.130. The fraction of sp³-hybridized carbons (Fsp3) is 0.533. The van der Waals surface area contributed by atoms with Crippen LogP contribution in [0.25, 0.3) is 0 Å². The van der Waals surface area contributed by atoms with Crippen LogP contribution in [0.1, 0.15) is 38.7 Å². The molecule has 1 aromatic carbocycles. The molecule has 0 aliphatic carbocycles. The van der Waals surface area contributed by atoms with E-state index in [4.69, 9.17) is 0 Å². The molecule has 0 radical (unpaired) electrons. The Morgan fingerprint density at radius 2 is 1.67 bits per heavy atom. The van der Waals surface area contributed by atoms with E-state index < -0.39 is 10.2 Å². The van der Waals surface area contributed by atoms with E-state index in [-0.39, 0.29) is 10.8 Å². The minimum absolute atomic E-state index is 0.125. The summed E-state index contributed by atoms with van der Waals surface area (Å²) in [5, 5.41) is 0. The maximum atomic E-state index is 12.7. The molecule has 21 heavy (non-hydrogen) atoms. The Labute approximate surface area is 126 Å². The molecule has 1 amide bonds. The monoisotopic (exact) mass is 315 g/mol. The van der Waals surface area contributed by atoms with Crippen LogP contribution in [0, 0.1) is 0 Å². The van der Waals surface area contributed by atoms with Crippen LogP contribution >= 0.6 is 0 Å². The second-order valence-corrected chi connectivity index (χ2v) is 6.02. The molecule has 0 aromatic heterocycles. The highest BCUT2D eigenvalue weighted by Crippen LogP contribution is 2.15. The number of halogens is 1. The van der Waals surface area contributed by atoms with Crippen LogP contribution in [0.2, 0.25) is 0 Å². The van der Waals surface area contributed by atoms with Crippen molar-refractivity contribution in [2.75, 3.05) is 13.1 Å². The first-order chi connectivity index (χ1) is 9.97. The number of hydrogen-bond donors (Lipinski definition) is 0. The number of hydrogen-bond acceptors (Lipinski definition) is 3. The SMILES string of the molecule is CC.O=C(CCc1ccc(S(=O)(=O)F)cc1)N1CCCC1. The summed E-state index contributed by atoms with van der Waals surface area (Å²) in [4.78, 5) is 13.3. The normalized spacial score (nSPS) is 14.5. The van der Waals surface area contributed by atoms with Gasteiger partial charge in [0.1, 0.15) is 0 Å². The molecule has 1 saturated heterocycles. The van der Waals surface area contributed by atoms with Crippen LogP contribution in [0.3, 0.4) is 0 Å². The Hall–Kier alpha value is -1.43. The number of amides is 1. The summed E-state index contributed by atoms with van der Waals surface area (Å²) in [5.41, 5.74) is 0.833. The Bertz CT molecular complexity index is 549. The molecule has 1 aromatic rings. The maximum absolute atomic E-state index is 12.7. The highest BCUT2D eigenvalue weighted by atomic mass is 32.3. The van der Waals surface area contributed by atoms with Gasteiger partial charge >= 0.3 is 10.2 Å². The molecular weight excluding hydrogens is 293 g/mol. The molecule has 6 heteroatoms. The smallest absolute Gasteiger partial charge is 0.332 e. The highest BCUT2D eigenvalue weighted by molar-refractivity contribution is 7.86. The van der Waals surface area contributed by atoms with E-state index in [1.165, 1.54) is 12.1 Å². The van der Waals surface area contributed by atoms with Gasteiger partial charge in [-0.05, 0) is 37.0 Å². The first kappa shape index (κ1) is 17.6. The second-order valence-electron chi connectivity index (χ2n) is 4.67. The topological polar surface area (TPSA) is 54.5 Å². The number of nitrogens with zero attached hydrogens (tertiary/aromatic N) is 1. The fourth-order valence-corrected chi connectivity index (χ4v) is 2.66. The van der Waals surface area contributed by atoms with E-state index in [0.29, 0.717) is 12.8 Å². The Balaban J connectivity index is 0.00000106. The molecule has 1 heterocycles. The van der Waals surface area contributed by atoms with Gasteiger partial charge in [-0.25, -0.2) is 0 Å². The van der Waals surface area contributed by atoms with Gasteiger partial charge in [0, 0.05) is 19.5 Å². The number of aryl methyl sites for hydroxylation is 1. The standard InChI is InChI=1S/C13H16FNO3S.C2H6/c14-19(17,18)12-6-3-11(4-7-12)5-8-13(16)15-9-1-2-10-15;1-2/h3-4,6-7H,1-2,5,8-10H2;1-2H3. The zero-order chi connectivity index (χ0) is 15.9. The van der Waals surface area contributed by atoms with Crippen molar-refractivity contribution in [1.82, 2.24) is 4.90 Å². The first-order valence-electron chi connectivity index (χ1n) is 7.28. The van der Waals surface area contributed by atoms with Crippen LogP contribution in [0.5, 0.6) is 0 Å². The van der Waals surface area contributed by atoms with E-state index in [9.17, 15) is 17.1 Å². The van der Waals surface area contributed by atoms with Gasteiger partial charge in [0.15, 0.2) is 0 Å². The van der Waals surface area contributed by atoms with Crippen molar-refractivity contribution in [3.8, 4) is 0 Å². The largest absolute Gasteiger partial charge is 0.343 e. The summed E-state index contributed by atoms with van der Waals surface area (Å²) in [5.74, 6) is 0.125. The number of likely N-dealkylation sites (tertiary alicyclic amines) is 1. The number of carbonyl (C=O) groups excluding carboxylic acids is 1. The lowest BCUT2D eigenvalue weighted by atomic mass is 10.1. The van der Waals surface area contributed by atoms with Crippen molar-refractivity contribution in [1.29, 1.82) is 0 Å². The van der Waals surface area contributed by atoms with Crippen LogP contribution in [-0.2, 0) is 21.4 Å². The van der Waals surface area contributed by atoms with Crippen molar-refractivity contribution in [3.05, 3.63) is 29.8 Å². The second kappa shape index (κ2) is 8.12. The van der Waals surface area contributed by atoms with Gasteiger partial charge in [-0.2, -0.15) is 8.42 Å². The molecule has 1 aliphatic rings. The molecule has 1 fully saturated rings. The highest BCUT2D eigenvalue weighted by Gasteiger charge is 2.17. The van der Waals surface area contributed by atoms with Crippen molar-refractivity contribution in [2.24, 2.45) is 0 Å². The average Bonchev–Trinajstić information content (AvgIpc) is 3.01. The van der Waals surface area contributed by atoms with E-state index in [1.807, 2.05) is 18.7 Å². The molecule has 118 valence electrons. The quantitative estimate of drug-likeness (QED) is 0.803. The lowest BCUT2D eigenvalue weighted by Gasteiger charge is -2.14. The minimum Gasteiger partial charge on any atom is -0.343 e. The summed E-state index contributed by atoms with van der Waals surface area (Å²) in [6, 6.07) is 5.55. The molecule has 0 N–H and O–H groups in total.